The summed E-state index contributed by atoms with van der Waals surface area (Å²) in [5.74, 6) is -1.72. The number of aliphatic carboxylic acids is 1. The molecule has 2 rings (SSSR count). The second-order valence-electron chi connectivity index (χ2n) is 6.26. The van der Waals surface area contributed by atoms with Crippen molar-refractivity contribution in [3.63, 3.8) is 0 Å². The van der Waals surface area contributed by atoms with Crippen molar-refractivity contribution in [2.45, 2.75) is 33.1 Å². The summed E-state index contributed by atoms with van der Waals surface area (Å²) in [5.41, 5.74) is 1.54. The average Bonchev–Trinajstić information content (AvgIpc) is 2.54. The Bertz CT molecular complexity index is 545. The number of amides is 1. The fraction of sp³-hybridized carbons (Fsp3) is 0.588. The minimum absolute atomic E-state index is 0.122. The highest BCUT2D eigenvalue weighted by molar-refractivity contribution is 5.93. The monoisotopic (exact) mass is 319 g/mol. The molecule has 1 fully saturated rings. The highest BCUT2D eigenvalue weighted by Crippen LogP contribution is 2.24. The van der Waals surface area contributed by atoms with E-state index in [1.165, 1.54) is 0 Å². The van der Waals surface area contributed by atoms with Crippen LogP contribution in [0, 0.1) is 18.8 Å². The van der Waals surface area contributed by atoms with E-state index < -0.39 is 11.9 Å². The summed E-state index contributed by atoms with van der Waals surface area (Å²) in [7, 11) is 0. The molecular weight excluding hydrogens is 294 g/mol. The predicted octanol–water partition coefficient (Wildman–Crippen LogP) is 2.15. The van der Waals surface area contributed by atoms with Crippen molar-refractivity contribution >= 4 is 17.6 Å². The topological polar surface area (TPSA) is 82.5 Å². The third kappa shape index (κ3) is 5.03. The van der Waals surface area contributed by atoms with Crippen molar-refractivity contribution in [3.8, 4) is 0 Å². The van der Waals surface area contributed by atoms with Gasteiger partial charge in [-0.15, -0.1) is 0 Å². The van der Waals surface area contributed by atoms with Crippen LogP contribution in [0.4, 0.5) is 5.69 Å². The minimum atomic E-state index is -0.819. The second-order valence-corrected chi connectivity index (χ2v) is 6.26. The van der Waals surface area contributed by atoms with Gasteiger partial charge in [-0.05, 0) is 38.4 Å². The van der Waals surface area contributed by atoms with Crippen molar-refractivity contribution in [3.05, 3.63) is 24.0 Å². The van der Waals surface area contributed by atoms with Crippen LogP contribution in [0.15, 0.2) is 18.3 Å². The number of carbonyl (C=O) groups excluding carboxylic acids is 1. The molecule has 1 aromatic heterocycles. The molecule has 126 valence electrons. The maximum absolute atomic E-state index is 12.5. The van der Waals surface area contributed by atoms with Gasteiger partial charge in [-0.2, -0.15) is 0 Å². The molecule has 1 amide bonds. The number of likely N-dealkylation sites (tertiary alicyclic amines) is 1. The van der Waals surface area contributed by atoms with E-state index in [9.17, 15) is 14.7 Å². The van der Waals surface area contributed by atoms with Crippen LogP contribution in [-0.4, -0.2) is 46.5 Å². The van der Waals surface area contributed by atoms with Crippen LogP contribution in [0.1, 0.15) is 31.9 Å². The van der Waals surface area contributed by atoms with Gasteiger partial charge in [0.05, 0.1) is 23.7 Å². The number of unbranched alkanes of at least 4 members (excludes halogenated alkanes) is 1. The van der Waals surface area contributed by atoms with Crippen molar-refractivity contribution in [1.82, 2.24) is 9.88 Å². The Morgan fingerprint density at radius 2 is 2.09 bits per heavy atom. The van der Waals surface area contributed by atoms with Crippen LogP contribution in [0.2, 0.25) is 0 Å². The molecule has 0 spiro atoms. The zero-order valence-corrected chi connectivity index (χ0v) is 13.8. The van der Waals surface area contributed by atoms with E-state index in [0.29, 0.717) is 25.2 Å². The SMILES string of the molecule is CCCCN1C[C@H](C(=O)O)C[C@@H](C(=O)Nc2ccc(C)nc2)C1. The number of aromatic nitrogens is 1. The van der Waals surface area contributed by atoms with Crippen LogP contribution in [0.25, 0.3) is 0 Å². The van der Waals surface area contributed by atoms with Crippen LogP contribution in [-0.2, 0) is 9.59 Å². The highest BCUT2D eigenvalue weighted by Gasteiger charge is 2.34. The van der Waals surface area contributed by atoms with Gasteiger partial charge in [-0.1, -0.05) is 13.3 Å². The van der Waals surface area contributed by atoms with Gasteiger partial charge in [0.25, 0.3) is 0 Å². The first-order valence-electron chi connectivity index (χ1n) is 8.18. The molecule has 1 aromatic rings. The summed E-state index contributed by atoms with van der Waals surface area (Å²) in [4.78, 5) is 30.1. The number of carbonyl (C=O) groups is 2. The van der Waals surface area contributed by atoms with Crippen molar-refractivity contribution in [2.75, 3.05) is 25.0 Å². The number of aryl methyl sites for hydroxylation is 1. The molecule has 1 saturated heterocycles. The molecule has 2 atom stereocenters. The van der Waals surface area contributed by atoms with Gasteiger partial charge in [-0.3, -0.25) is 14.6 Å². The second kappa shape index (κ2) is 8.06. The maximum atomic E-state index is 12.5. The van der Waals surface area contributed by atoms with E-state index in [4.69, 9.17) is 0 Å². The number of rotatable bonds is 6. The first-order valence-corrected chi connectivity index (χ1v) is 8.18. The Kier molecular flexibility index (Phi) is 6.10. The number of nitrogens with zero attached hydrogens (tertiary/aromatic N) is 2. The largest absolute Gasteiger partial charge is 0.481 e. The van der Waals surface area contributed by atoms with Crippen LogP contribution in [0.5, 0.6) is 0 Å². The van der Waals surface area contributed by atoms with Gasteiger partial charge in [0.2, 0.25) is 5.91 Å². The smallest absolute Gasteiger partial charge is 0.307 e. The number of anilines is 1. The normalized spacial score (nSPS) is 21.8. The number of hydrogen-bond acceptors (Lipinski definition) is 4. The standard InChI is InChI=1S/C17H25N3O3/c1-3-4-7-20-10-13(8-14(11-20)17(22)23)16(21)19-15-6-5-12(2)18-9-15/h5-6,9,13-14H,3-4,7-8,10-11H2,1-2H3,(H,19,21)(H,22,23)/t13-,14-/m1/s1. The van der Waals surface area contributed by atoms with Crippen LogP contribution >= 0.6 is 0 Å². The first kappa shape index (κ1) is 17.4. The maximum Gasteiger partial charge on any atom is 0.307 e. The Labute approximate surface area is 136 Å². The minimum Gasteiger partial charge on any atom is -0.481 e. The van der Waals surface area contributed by atoms with Gasteiger partial charge in [-0.25, -0.2) is 0 Å². The lowest BCUT2D eigenvalue weighted by Crippen LogP contribution is -2.47. The van der Waals surface area contributed by atoms with Gasteiger partial charge in [0.15, 0.2) is 0 Å². The third-order valence-corrected chi connectivity index (χ3v) is 4.25. The summed E-state index contributed by atoms with van der Waals surface area (Å²) in [6, 6.07) is 3.65. The Hall–Kier alpha value is -1.95. The van der Waals surface area contributed by atoms with E-state index in [1.54, 1.807) is 6.20 Å². The van der Waals surface area contributed by atoms with Crippen LogP contribution in [0.3, 0.4) is 0 Å². The van der Waals surface area contributed by atoms with Crippen LogP contribution < -0.4 is 5.32 Å². The highest BCUT2D eigenvalue weighted by atomic mass is 16.4. The third-order valence-electron chi connectivity index (χ3n) is 4.25. The molecule has 0 bridgehead atoms. The lowest BCUT2D eigenvalue weighted by atomic mass is 9.88. The van der Waals surface area contributed by atoms with E-state index in [2.05, 4.69) is 22.1 Å². The molecule has 23 heavy (non-hydrogen) atoms. The number of pyridine rings is 1. The van der Waals surface area contributed by atoms with Gasteiger partial charge >= 0.3 is 5.97 Å². The number of nitrogens with one attached hydrogen (secondary N) is 1. The summed E-state index contributed by atoms with van der Waals surface area (Å²) in [6.45, 7) is 5.99. The zero-order valence-electron chi connectivity index (χ0n) is 13.8. The quantitative estimate of drug-likeness (QED) is 0.839. The summed E-state index contributed by atoms with van der Waals surface area (Å²) in [6.07, 6.45) is 4.09. The molecule has 0 radical (unpaired) electrons. The van der Waals surface area contributed by atoms with E-state index in [-0.39, 0.29) is 11.8 Å². The lowest BCUT2D eigenvalue weighted by Gasteiger charge is -2.35. The zero-order chi connectivity index (χ0) is 16.8. The molecule has 1 aliphatic rings. The lowest BCUT2D eigenvalue weighted by molar-refractivity contribution is -0.145. The Morgan fingerprint density at radius 3 is 2.70 bits per heavy atom. The average molecular weight is 319 g/mol. The molecule has 2 N–H and O–H groups in total. The number of piperidine rings is 1. The summed E-state index contributed by atoms with van der Waals surface area (Å²) < 4.78 is 0. The van der Waals surface area contributed by atoms with E-state index in [0.717, 1.165) is 25.1 Å². The first-order chi connectivity index (χ1) is 11.0. The molecule has 2 heterocycles. The van der Waals surface area contributed by atoms with Crippen molar-refractivity contribution in [2.24, 2.45) is 11.8 Å². The predicted molar refractivity (Wildman–Crippen MR) is 88.2 cm³/mol. The summed E-state index contributed by atoms with van der Waals surface area (Å²) in [5, 5.41) is 12.2. The van der Waals surface area contributed by atoms with Crippen molar-refractivity contribution < 1.29 is 14.7 Å². The summed E-state index contributed by atoms with van der Waals surface area (Å²) >= 11 is 0. The molecule has 6 heteroatoms. The van der Waals surface area contributed by atoms with Gasteiger partial charge in [0, 0.05) is 18.8 Å². The van der Waals surface area contributed by atoms with E-state index >= 15 is 0 Å². The molecule has 6 nitrogen and oxygen atoms in total. The number of hydrogen-bond donors (Lipinski definition) is 2. The molecule has 1 aliphatic heterocycles. The fourth-order valence-corrected chi connectivity index (χ4v) is 2.91. The molecule has 0 unspecified atom stereocenters. The van der Waals surface area contributed by atoms with E-state index in [1.807, 2.05) is 19.1 Å². The Morgan fingerprint density at radius 1 is 1.35 bits per heavy atom. The Balaban J connectivity index is 2.01. The van der Waals surface area contributed by atoms with Crippen molar-refractivity contribution in [1.29, 1.82) is 0 Å². The van der Waals surface area contributed by atoms with Gasteiger partial charge in [0.1, 0.15) is 0 Å². The molecular formula is C17H25N3O3. The molecule has 0 aliphatic carbocycles. The number of carboxylic acids is 1. The molecule has 0 aromatic carbocycles. The number of carboxylic acid groups (broad SMARTS) is 1. The molecule has 0 saturated carbocycles. The van der Waals surface area contributed by atoms with Gasteiger partial charge < -0.3 is 15.3 Å². The fourth-order valence-electron chi connectivity index (χ4n) is 2.91.